The number of aliphatic hydroxyl groups excluding tert-OH is 1. The lowest BCUT2D eigenvalue weighted by molar-refractivity contribution is -0.157. The van der Waals surface area contributed by atoms with Crippen LogP contribution in [0.15, 0.2) is 59.2 Å². The number of phenols is 2. The zero-order valence-electron chi connectivity index (χ0n) is 28.4. The van der Waals surface area contributed by atoms with Crippen LogP contribution < -0.4 is 0 Å². The molecule has 7 N–H and O–H groups in total. The number of hydrogen-bond donors (Lipinski definition) is 3. The summed E-state index contributed by atoms with van der Waals surface area (Å²) in [6.45, 7) is 15.3. The van der Waals surface area contributed by atoms with Crippen molar-refractivity contribution in [1.29, 1.82) is 0 Å². The predicted octanol–water partition coefficient (Wildman–Crippen LogP) is 6.76. The second kappa shape index (κ2) is 10.6. The Morgan fingerprint density at radius 1 is 0.870 bits per heavy atom. The molecule has 0 amide bonds. The summed E-state index contributed by atoms with van der Waals surface area (Å²) in [5.41, 5.74) is 5.27. The number of benzene rings is 1. The number of phenolic OH excluding ortho intramolecular Hbond substituents is 2. The Kier molecular flexibility index (Phi) is 7.92. The molecule has 0 aliphatic heterocycles. The summed E-state index contributed by atoms with van der Waals surface area (Å²) in [6.07, 6.45) is 19.7. The summed E-state index contributed by atoms with van der Waals surface area (Å²) in [6, 6.07) is 4.49. The van der Waals surface area contributed by atoms with E-state index >= 15 is 0 Å². The second-order valence-electron chi connectivity index (χ2n) is 16.9. The van der Waals surface area contributed by atoms with E-state index in [1.165, 1.54) is 29.4 Å². The molecule has 3 saturated carbocycles. The van der Waals surface area contributed by atoms with Crippen molar-refractivity contribution in [2.75, 3.05) is 6.61 Å². The topological polar surface area (TPSA) is 150 Å². The molecule has 3 fully saturated rings. The molecule has 46 heavy (non-hydrogen) atoms. The van der Waals surface area contributed by atoms with Crippen LogP contribution in [-0.2, 0) is 9.53 Å². The number of rotatable bonds is 4. The average Bonchev–Trinajstić information content (AvgIpc) is 3.72. The minimum absolute atomic E-state index is 0. The van der Waals surface area contributed by atoms with Crippen LogP contribution in [0.25, 0.3) is 6.08 Å². The normalized spacial score (nSPS) is 41.4. The van der Waals surface area contributed by atoms with Crippen molar-refractivity contribution in [3.8, 4) is 11.5 Å². The van der Waals surface area contributed by atoms with Gasteiger partial charge in [0.25, 0.3) is 0 Å². The lowest BCUT2D eigenvalue weighted by atomic mass is 9.33. The van der Waals surface area contributed by atoms with Crippen LogP contribution in [0.2, 0.25) is 0 Å². The molecule has 0 saturated heterocycles. The van der Waals surface area contributed by atoms with Crippen molar-refractivity contribution < 1.29 is 35.8 Å². The van der Waals surface area contributed by atoms with E-state index in [1.54, 1.807) is 17.7 Å². The maximum Gasteiger partial charge on any atom is 0.330 e. The minimum atomic E-state index is -0.385. The molecule has 1 spiro atoms. The van der Waals surface area contributed by atoms with Crippen molar-refractivity contribution >= 4 is 12.0 Å². The monoisotopic (exact) mass is 634 g/mol. The molecular formula is C39H54O7. The van der Waals surface area contributed by atoms with Gasteiger partial charge in [0.2, 0.25) is 0 Å². The van der Waals surface area contributed by atoms with Gasteiger partial charge in [0.1, 0.15) is 0 Å². The van der Waals surface area contributed by atoms with Gasteiger partial charge in [-0.1, -0.05) is 65.8 Å². The van der Waals surface area contributed by atoms with Gasteiger partial charge in [-0.2, -0.15) is 0 Å². The van der Waals surface area contributed by atoms with Crippen LogP contribution >= 0.6 is 0 Å². The van der Waals surface area contributed by atoms with Crippen molar-refractivity contribution in [2.24, 2.45) is 37.9 Å². The fourth-order valence-electron chi connectivity index (χ4n) is 11.4. The number of carbonyl (C=O) groups is 1. The minimum Gasteiger partial charge on any atom is -0.504 e. The van der Waals surface area contributed by atoms with Gasteiger partial charge in [0, 0.05) is 22.3 Å². The van der Waals surface area contributed by atoms with Gasteiger partial charge in [-0.3, -0.25) is 0 Å². The quantitative estimate of drug-likeness (QED) is 0.145. The molecule has 7 atom stereocenters. The van der Waals surface area contributed by atoms with Crippen LogP contribution in [-0.4, -0.2) is 45.0 Å². The summed E-state index contributed by atoms with van der Waals surface area (Å²) in [4.78, 5) is 13.0. The number of esters is 1. The highest BCUT2D eigenvalue weighted by atomic mass is 16.5. The Hall–Kier alpha value is -2.87. The van der Waals surface area contributed by atoms with E-state index in [4.69, 9.17) is 4.74 Å². The number of allylic oxidation sites excluding steroid dienone is 5. The molecule has 7 nitrogen and oxygen atoms in total. The Morgan fingerprint density at radius 3 is 2.28 bits per heavy atom. The number of carbonyl (C=O) groups excluding carboxylic acids is 1. The van der Waals surface area contributed by atoms with E-state index in [9.17, 15) is 20.1 Å². The van der Waals surface area contributed by atoms with Crippen molar-refractivity contribution in [1.82, 2.24) is 0 Å². The summed E-state index contributed by atoms with van der Waals surface area (Å²) >= 11 is 0. The highest BCUT2D eigenvalue weighted by molar-refractivity contribution is 5.87. The maximum atomic E-state index is 13.0. The molecule has 252 valence electrons. The van der Waals surface area contributed by atoms with Gasteiger partial charge in [-0.25, -0.2) is 4.79 Å². The largest absolute Gasteiger partial charge is 0.504 e. The number of fused-ring (bicyclic) bond motifs is 6. The van der Waals surface area contributed by atoms with E-state index in [0.29, 0.717) is 12.2 Å². The Balaban J connectivity index is 0.00000208. The van der Waals surface area contributed by atoms with Gasteiger partial charge in [-0.15, -0.1) is 0 Å². The van der Waals surface area contributed by atoms with Crippen LogP contribution in [0.3, 0.4) is 0 Å². The third-order valence-electron chi connectivity index (χ3n) is 14.6. The van der Waals surface area contributed by atoms with Gasteiger partial charge < -0.3 is 31.0 Å². The summed E-state index contributed by atoms with van der Waals surface area (Å²) in [5, 5.41) is 30.2. The second-order valence-corrected chi connectivity index (χ2v) is 16.9. The molecule has 0 heterocycles. The molecule has 1 aromatic carbocycles. The van der Waals surface area contributed by atoms with Gasteiger partial charge in [0.15, 0.2) is 11.5 Å². The molecule has 6 aliphatic rings. The van der Waals surface area contributed by atoms with Crippen LogP contribution in [0.1, 0.15) is 105 Å². The van der Waals surface area contributed by atoms with Crippen LogP contribution in [0.4, 0.5) is 0 Å². The predicted molar refractivity (Wildman–Crippen MR) is 180 cm³/mol. The van der Waals surface area contributed by atoms with Gasteiger partial charge in [0.05, 0.1) is 12.7 Å². The number of hydrogen-bond acceptors (Lipinski definition) is 5. The Labute approximate surface area is 273 Å². The lowest BCUT2D eigenvalue weighted by Crippen LogP contribution is -2.63. The van der Waals surface area contributed by atoms with E-state index < -0.39 is 0 Å². The first-order valence-electron chi connectivity index (χ1n) is 16.8. The Morgan fingerprint density at radius 2 is 1.57 bits per heavy atom. The molecule has 0 aromatic heterocycles. The van der Waals surface area contributed by atoms with Crippen LogP contribution in [0.5, 0.6) is 11.5 Å². The van der Waals surface area contributed by atoms with E-state index in [0.717, 1.165) is 57.8 Å². The fourth-order valence-corrected chi connectivity index (χ4v) is 11.4. The smallest absolute Gasteiger partial charge is 0.330 e. The van der Waals surface area contributed by atoms with Crippen molar-refractivity contribution in [2.45, 2.75) is 105 Å². The molecule has 0 radical (unpaired) electrons. The van der Waals surface area contributed by atoms with Crippen molar-refractivity contribution in [3.63, 3.8) is 0 Å². The first-order chi connectivity index (χ1) is 20.6. The number of aromatic hydroxyl groups is 2. The first-order valence-corrected chi connectivity index (χ1v) is 16.8. The van der Waals surface area contributed by atoms with Crippen molar-refractivity contribution in [3.05, 3.63) is 64.8 Å². The van der Waals surface area contributed by atoms with Gasteiger partial charge in [-0.05, 0) is 120 Å². The molecule has 0 bridgehead atoms. The number of ether oxygens (including phenoxy) is 1. The van der Waals surface area contributed by atoms with E-state index in [2.05, 4.69) is 59.8 Å². The van der Waals surface area contributed by atoms with E-state index in [-0.39, 0.29) is 72.4 Å². The van der Waals surface area contributed by atoms with Gasteiger partial charge >= 0.3 is 5.97 Å². The summed E-state index contributed by atoms with van der Waals surface area (Å²) < 4.78 is 6.07. The highest BCUT2D eigenvalue weighted by Gasteiger charge is 2.75. The average molecular weight is 635 g/mol. The molecule has 7 rings (SSSR count). The standard InChI is InChI=1S/C39H50O5.2H2O/c1-33(2)17-19-38(24-44-32(43)10-8-25-7-9-30(41)31(42)21-25)16-12-26-27(35(38,4)23-33)11-14-36(5)34(26,3)18-20-39-22-28(39)29(40)13-15-37(36,39)6;;/h7-12,21-22,29,40-42H,13-20,23-24H2,1-6H3;2*1H2/b10-8+;;/t29-,34-,35-,36-,37+,38-,39?;;/m0../s1. The zero-order valence-corrected chi connectivity index (χ0v) is 28.4. The summed E-state index contributed by atoms with van der Waals surface area (Å²) in [5.74, 6) is -0.788. The molecule has 7 heteroatoms. The molecule has 1 aromatic rings. The molecule has 6 aliphatic carbocycles. The molecule has 1 unspecified atom stereocenters. The number of aliphatic hydroxyl groups is 1. The first kappa shape index (κ1) is 34.5. The van der Waals surface area contributed by atoms with E-state index in [1.807, 2.05) is 0 Å². The molecular weight excluding hydrogens is 580 g/mol. The zero-order chi connectivity index (χ0) is 31.6. The lowest BCUT2D eigenvalue weighted by Gasteiger charge is -2.70. The third-order valence-corrected chi connectivity index (χ3v) is 14.6. The fraction of sp³-hybridized carbons (Fsp3) is 0.615. The summed E-state index contributed by atoms with van der Waals surface area (Å²) in [7, 11) is 0. The highest BCUT2D eigenvalue weighted by Crippen LogP contribution is 2.82. The van der Waals surface area contributed by atoms with Crippen LogP contribution in [0, 0.1) is 37.9 Å². The SMILES string of the molecule is CC1(C)CC[C@]2(COC(=O)/C=C/c3ccc(O)c(O)c3)CC=C3C(=CC[C@@]4(C)[C@@]3(C)CCC35C=C3[C@@H](O)CC[C@@]54C)[C@]2(C)C1.O.O. The Bertz CT molecular complexity index is 1570. The third kappa shape index (κ3) is 4.30. The maximum absolute atomic E-state index is 13.0.